The summed E-state index contributed by atoms with van der Waals surface area (Å²) >= 11 is 1.63. The number of nitrogens with zero attached hydrogens (tertiary/aromatic N) is 6. The number of thiazole rings is 1. The minimum absolute atomic E-state index is 0.0862. The third-order valence-electron chi connectivity index (χ3n) is 3.49. The number of aromatic nitrogens is 5. The fourth-order valence-electron chi connectivity index (χ4n) is 2.18. The van der Waals surface area contributed by atoms with Gasteiger partial charge in [0.1, 0.15) is 18.5 Å². The van der Waals surface area contributed by atoms with E-state index in [4.69, 9.17) is 0 Å². The maximum Gasteiger partial charge on any atom is 0.255 e. The molecule has 0 N–H and O–H groups in total. The molecule has 3 aromatic rings. The van der Waals surface area contributed by atoms with Crippen LogP contribution in [0.1, 0.15) is 40.8 Å². The second-order valence-corrected chi connectivity index (χ2v) is 6.66. The van der Waals surface area contributed by atoms with E-state index in [1.165, 1.54) is 0 Å². The number of hydrogen-bond acceptors (Lipinski definition) is 6. The van der Waals surface area contributed by atoms with Crippen LogP contribution in [0.15, 0.2) is 36.4 Å². The average Bonchev–Trinajstić information content (AvgIpc) is 3.26. The zero-order valence-corrected chi connectivity index (χ0v) is 14.6. The lowest BCUT2D eigenvalue weighted by Gasteiger charge is -2.16. The standard InChI is InChI=1S/C16H18N6OS/c1-11(2)15-20-13(8-24-15)7-21(3)16(23)12-4-5-14(17-6-12)22-9-18-19-10-22/h4-6,8-11H,7H2,1-3H3. The van der Waals surface area contributed by atoms with E-state index in [1.54, 1.807) is 58.8 Å². The van der Waals surface area contributed by atoms with Crippen LogP contribution in [-0.2, 0) is 6.54 Å². The summed E-state index contributed by atoms with van der Waals surface area (Å²) in [6.07, 6.45) is 4.68. The van der Waals surface area contributed by atoms with Crippen molar-refractivity contribution in [1.82, 2.24) is 29.6 Å². The highest BCUT2D eigenvalue weighted by atomic mass is 32.1. The Kier molecular flexibility index (Phi) is 4.66. The van der Waals surface area contributed by atoms with Crippen molar-refractivity contribution in [2.24, 2.45) is 0 Å². The first-order valence-electron chi connectivity index (χ1n) is 7.55. The number of amides is 1. The maximum absolute atomic E-state index is 12.5. The number of pyridine rings is 1. The van der Waals surface area contributed by atoms with E-state index in [2.05, 4.69) is 34.0 Å². The van der Waals surface area contributed by atoms with Crippen molar-refractivity contribution < 1.29 is 4.79 Å². The van der Waals surface area contributed by atoms with Gasteiger partial charge >= 0.3 is 0 Å². The van der Waals surface area contributed by atoms with Gasteiger partial charge < -0.3 is 4.90 Å². The first kappa shape index (κ1) is 16.3. The average molecular weight is 342 g/mol. The molecule has 0 saturated carbocycles. The van der Waals surface area contributed by atoms with Gasteiger partial charge in [-0.05, 0) is 12.1 Å². The molecular formula is C16H18N6OS. The van der Waals surface area contributed by atoms with Gasteiger partial charge in [0.2, 0.25) is 0 Å². The zero-order chi connectivity index (χ0) is 17.1. The highest BCUT2D eigenvalue weighted by Crippen LogP contribution is 2.20. The molecule has 124 valence electrons. The molecule has 3 aromatic heterocycles. The summed E-state index contributed by atoms with van der Waals surface area (Å²) in [5.41, 5.74) is 1.45. The summed E-state index contributed by atoms with van der Waals surface area (Å²) in [6, 6.07) is 3.52. The SMILES string of the molecule is CC(C)c1nc(CN(C)C(=O)c2ccc(-n3cnnc3)nc2)cs1. The number of carbonyl (C=O) groups is 1. The van der Waals surface area contributed by atoms with Crippen molar-refractivity contribution in [2.75, 3.05) is 7.05 Å². The van der Waals surface area contributed by atoms with Gasteiger partial charge in [0.05, 0.1) is 22.8 Å². The zero-order valence-electron chi connectivity index (χ0n) is 13.7. The third-order valence-corrected chi connectivity index (χ3v) is 4.68. The summed E-state index contributed by atoms with van der Waals surface area (Å²) in [7, 11) is 1.77. The molecule has 0 aliphatic carbocycles. The lowest BCUT2D eigenvalue weighted by Crippen LogP contribution is -2.26. The maximum atomic E-state index is 12.5. The fraction of sp³-hybridized carbons (Fsp3) is 0.312. The molecule has 0 aromatic carbocycles. The van der Waals surface area contributed by atoms with Crippen LogP contribution in [0.2, 0.25) is 0 Å². The molecule has 0 saturated heterocycles. The Bertz CT molecular complexity index is 809. The smallest absolute Gasteiger partial charge is 0.255 e. The summed E-state index contributed by atoms with van der Waals surface area (Å²) in [5, 5.41) is 10.6. The summed E-state index contributed by atoms with van der Waals surface area (Å²) < 4.78 is 1.68. The molecule has 0 radical (unpaired) electrons. The molecule has 0 aliphatic heterocycles. The minimum atomic E-state index is -0.0862. The third kappa shape index (κ3) is 3.48. The van der Waals surface area contributed by atoms with Crippen LogP contribution in [0.5, 0.6) is 0 Å². The molecule has 1 amide bonds. The lowest BCUT2D eigenvalue weighted by atomic mass is 10.2. The normalized spacial score (nSPS) is 11.0. The molecule has 7 nitrogen and oxygen atoms in total. The van der Waals surface area contributed by atoms with Crippen LogP contribution in [0, 0.1) is 0 Å². The van der Waals surface area contributed by atoms with Crippen LogP contribution in [-0.4, -0.2) is 42.6 Å². The Morgan fingerprint density at radius 1 is 1.29 bits per heavy atom. The minimum Gasteiger partial charge on any atom is -0.336 e. The quantitative estimate of drug-likeness (QED) is 0.712. The first-order valence-corrected chi connectivity index (χ1v) is 8.43. The van der Waals surface area contributed by atoms with Crippen LogP contribution >= 0.6 is 11.3 Å². The van der Waals surface area contributed by atoms with E-state index in [-0.39, 0.29) is 5.91 Å². The molecule has 0 unspecified atom stereocenters. The van der Waals surface area contributed by atoms with Gasteiger partial charge in [0, 0.05) is 24.5 Å². The second-order valence-electron chi connectivity index (χ2n) is 5.77. The summed E-state index contributed by atoms with van der Waals surface area (Å²) in [6.45, 7) is 4.70. The van der Waals surface area contributed by atoms with E-state index in [0.717, 1.165) is 10.7 Å². The largest absolute Gasteiger partial charge is 0.336 e. The number of rotatable bonds is 5. The molecule has 3 rings (SSSR count). The number of carbonyl (C=O) groups excluding carboxylic acids is 1. The first-order chi connectivity index (χ1) is 11.5. The Labute approximate surface area is 144 Å². The molecule has 0 spiro atoms. The van der Waals surface area contributed by atoms with E-state index in [9.17, 15) is 4.79 Å². The van der Waals surface area contributed by atoms with Crippen molar-refractivity contribution in [3.05, 3.63) is 52.6 Å². The van der Waals surface area contributed by atoms with Crippen molar-refractivity contribution in [3.8, 4) is 5.82 Å². The van der Waals surface area contributed by atoms with Crippen molar-refractivity contribution in [1.29, 1.82) is 0 Å². The van der Waals surface area contributed by atoms with Crippen LogP contribution in [0.4, 0.5) is 0 Å². The molecule has 3 heterocycles. The fourth-order valence-corrected chi connectivity index (χ4v) is 3.01. The Morgan fingerprint density at radius 3 is 2.62 bits per heavy atom. The van der Waals surface area contributed by atoms with E-state index >= 15 is 0 Å². The van der Waals surface area contributed by atoms with E-state index in [0.29, 0.717) is 23.8 Å². The molecule has 0 aliphatic rings. The van der Waals surface area contributed by atoms with Crippen LogP contribution in [0.25, 0.3) is 5.82 Å². The second kappa shape index (κ2) is 6.88. The van der Waals surface area contributed by atoms with Crippen LogP contribution in [0.3, 0.4) is 0 Å². The van der Waals surface area contributed by atoms with Gasteiger partial charge in [-0.1, -0.05) is 13.8 Å². The monoisotopic (exact) mass is 342 g/mol. The molecule has 0 fully saturated rings. The Balaban J connectivity index is 1.68. The van der Waals surface area contributed by atoms with Crippen molar-refractivity contribution in [2.45, 2.75) is 26.3 Å². The van der Waals surface area contributed by atoms with Gasteiger partial charge in [-0.3, -0.25) is 9.36 Å². The highest BCUT2D eigenvalue weighted by Gasteiger charge is 2.15. The van der Waals surface area contributed by atoms with Crippen LogP contribution < -0.4 is 0 Å². The molecule has 8 heteroatoms. The predicted octanol–water partition coefficient (Wildman–Crippen LogP) is 2.51. The van der Waals surface area contributed by atoms with Gasteiger partial charge in [-0.15, -0.1) is 21.5 Å². The van der Waals surface area contributed by atoms with Gasteiger partial charge in [-0.2, -0.15) is 0 Å². The summed E-state index contributed by atoms with van der Waals surface area (Å²) in [5.74, 6) is 0.983. The van der Waals surface area contributed by atoms with Gasteiger partial charge in [0.25, 0.3) is 5.91 Å². The van der Waals surface area contributed by atoms with Gasteiger partial charge in [0.15, 0.2) is 0 Å². The topological polar surface area (TPSA) is 76.8 Å². The van der Waals surface area contributed by atoms with E-state index < -0.39 is 0 Å². The number of hydrogen-bond donors (Lipinski definition) is 0. The van der Waals surface area contributed by atoms with Gasteiger partial charge in [-0.25, -0.2) is 9.97 Å². The molecular weight excluding hydrogens is 324 g/mol. The lowest BCUT2D eigenvalue weighted by molar-refractivity contribution is 0.0783. The Morgan fingerprint density at radius 2 is 2.04 bits per heavy atom. The highest BCUT2D eigenvalue weighted by molar-refractivity contribution is 7.09. The molecule has 0 atom stereocenters. The van der Waals surface area contributed by atoms with Crippen molar-refractivity contribution >= 4 is 17.2 Å². The predicted molar refractivity (Wildman–Crippen MR) is 91.2 cm³/mol. The van der Waals surface area contributed by atoms with E-state index in [1.807, 2.05) is 5.38 Å². The Hall–Kier alpha value is -2.61. The van der Waals surface area contributed by atoms with Crippen molar-refractivity contribution in [3.63, 3.8) is 0 Å². The summed E-state index contributed by atoms with van der Waals surface area (Å²) in [4.78, 5) is 23.0. The molecule has 24 heavy (non-hydrogen) atoms. The molecule has 0 bridgehead atoms.